The van der Waals surface area contributed by atoms with Gasteiger partial charge in [-0.2, -0.15) is 23.5 Å². The zero-order valence-electron chi connectivity index (χ0n) is 11.5. The van der Waals surface area contributed by atoms with E-state index in [-0.39, 0.29) is 0 Å². The van der Waals surface area contributed by atoms with Crippen molar-refractivity contribution in [3.8, 4) is 11.5 Å². The number of ether oxygens (including phenoxy) is 2. The summed E-state index contributed by atoms with van der Waals surface area (Å²) in [6.07, 6.45) is 0. The van der Waals surface area contributed by atoms with Gasteiger partial charge in [-0.3, -0.25) is 0 Å². The highest BCUT2D eigenvalue weighted by Gasteiger charge is 2.15. The number of hydrogen-bond acceptors (Lipinski definition) is 5. The van der Waals surface area contributed by atoms with E-state index in [4.69, 9.17) is 9.47 Å². The van der Waals surface area contributed by atoms with E-state index >= 15 is 0 Å². The second kappa shape index (κ2) is 7.92. The van der Waals surface area contributed by atoms with E-state index in [9.17, 15) is 0 Å². The second-order valence-electron chi connectivity index (χ2n) is 4.37. The minimum atomic E-state index is 0.562. The van der Waals surface area contributed by atoms with E-state index < -0.39 is 0 Å². The predicted octanol–water partition coefficient (Wildman–Crippen LogP) is 2.64. The van der Waals surface area contributed by atoms with Crippen LogP contribution in [0.5, 0.6) is 11.5 Å². The first kappa shape index (κ1) is 14.9. The molecule has 0 radical (unpaired) electrons. The highest BCUT2D eigenvalue weighted by atomic mass is 32.2. The summed E-state index contributed by atoms with van der Waals surface area (Å²) in [5.41, 5.74) is 1.10. The lowest BCUT2D eigenvalue weighted by Gasteiger charge is -2.18. The van der Waals surface area contributed by atoms with Gasteiger partial charge in [-0.05, 0) is 12.1 Å². The maximum atomic E-state index is 5.42. The van der Waals surface area contributed by atoms with Crippen LogP contribution in [0, 0.1) is 0 Å². The number of nitrogens with one attached hydrogen (secondary N) is 1. The van der Waals surface area contributed by atoms with E-state index in [1.807, 2.05) is 41.7 Å². The van der Waals surface area contributed by atoms with Gasteiger partial charge >= 0.3 is 0 Å². The van der Waals surface area contributed by atoms with Crippen LogP contribution in [0.3, 0.4) is 0 Å². The number of hydrogen-bond donors (Lipinski definition) is 1. The maximum absolute atomic E-state index is 5.42. The summed E-state index contributed by atoms with van der Waals surface area (Å²) in [7, 11) is 3.41. The summed E-state index contributed by atoms with van der Waals surface area (Å²) in [6.45, 7) is 0.791. The van der Waals surface area contributed by atoms with Crippen molar-refractivity contribution in [2.24, 2.45) is 0 Å². The number of rotatable bonds is 5. The van der Waals surface area contributed by atoms with Crippen LogP contribution in [0.4, 0.5) is 0 Å². The average Bonchev–Trinajstić information content (AvgIpc) is 2.73. The Morgan fingerprint density at radius 2 is 1.68 bits per heavy atom. The van der Waals surface area contributed by atoms with E-state index in [1.165, 1.54) is 23.0 Å². The largest absolute Gasteiger partial charge is 0.496 e. The summed E-state index contributed by atoms with van der Waals surface area (Å²) in [6, 6.07) is 6.48. The molecule has 19 heavy (non-hydrogen) atoms. The van der Waals surface area contributed by atoms with E-state index in [0.717, 1.165) is 23.6 Å². The molecule has 1 fully saturated rings. The zero-order chi connectivity index (χ0) is 13.5. The van der Waals surface area contributed by atoms with E-state index in [2.05, 4.69) is 5.32 Å². The molecule has 0 spiro atoms. The van der Waals surface area contributed by atoms with Crippen molar-refractivity contribution in [2.45, 2.75) is 12.6 Å². The molecule has 1 heterocycles. The number of benzene rings is 1. The molecule has 0 unspecified atom stereocenters. The number of methoxy groups -OCH3 is 2. The standard InChI is InChI=1S/C14H21NO2S2/c1-16-13-4-3-5-14(17-2)12(13)8-15-11-9-18-6-7-19-10-11/h3-5,11,15H,6-10H2,1-2H3. The molecule has 1 aromatic carbocycles. The third-order valence-corrected chi connectivity index (χ3v) is 5.63. The molecule has 0 amide bonds. The first-order valence-corrected chi connectivity index (χ1v) is 8.75. The van der Waals surface area contributed by atoms with Gasteiger partial charge in [-0.1, -0.05) is 6.07 Å². The molecule has 1 N–H and O–H groups in total. The van der Waals surface area contributed by atoms with Crippen LogP contribution in [0.25, 0.3) is 0 Å². The van der Waals surface area contributed by atoms with E-state index in [1.54, 1.807) is 14.2 Å². The van der Waals surface area contributed by atoms with Crippen LogP contribution in [0.15, 0.2) is 18.2 Å². The van der Waals surface area contributed by atoms with Crippen molar-refractivity contribution in [2.75, 3.05) is 37.2 Å². The minimum Gasteiger partial charge on any atom is -0.496 e. The first-order chi connectivity index (χ1) is 9.35. The van der Waals surface area contributed by atoms with Crippen molar-refractivity contribution < 1.29 is 9.47 Å². The van der Waals surface area contributed by atoms with Crippen LogP contribution in [0.1, 0.15) is 5.56 Å². The molecule has 1 aromatic rings. The highest BCUT2D eigenvalue weighted by Crippen LogP contribution is 2.28. The fraction of sp³-hybridized carbons (Fsp3) is 0.571. The third kappa shape index (κ3) is 4.23. The average molecular weight is 299 g/mol. The molecule has 1 aliphatic heterocycles. The molecule has 1 saturated heterocycles. The Bertz CT molecular complexity index is 371. The normalized spacial score (nSPS) is 16.9. The van der Waals surface area contributed by atoms with Gasteiger partial charge in [0.15, 0.2) is 0 Å². The second-order valence-corrected chi connectivity index (χ2v) is 6.67. The molecule has 0 aliphatic carbocycles. The molecule has 106 valence electrons. The zero-order valence-corrected chi connectivity index (χ0v) is 13.1. The SMILES string of the molecule is COc1cccc(OC)c1CNC1CSCCSC1. The van der Waals surface area contributed by atoms with Crippen LogP contribution < -0.4 is 14.8 Å². The Balaban J connectivity index is 2.01. The van der Waals surface area contributed by atoms with Gasteiger partial charge < -0.3 is 14.8 Å². The van der Waals surface area contributed by atoms with Gasteiger partial charge in [0.1, 0.15) is 11.5 Å². The highest BCUT2D eigenvalue weighted by molar-refractivity contribution is 8.03. The molecule has 1 aliphatic rings. The fourth-order valence-corrected chi connectivity index (χ4v) is 4.55. The van der Waals surface area contributed by atoms with Crippen LogP contribution in [-0.2, 0) is 6.54 Å². The van der Waals surface area contributed by atoms with Gasteiger partial charge in [0.25, 0.3) is 0 Å². The smallest absolute Gasteiger partial charge is 0.127 e. The van der Waals surface area contributed by atoms with Gasteiger partial charge in [-0.25, -0.2) is 0 Å². The Morgan fingerprint density at radius 1 is 1.11 bits per heavy atom. The molecule has 0 atom stereocenters. The molecular weight excluding hydrogens is 278 g/mol. The van der Waals surface area contributed by atoms with Crippen LogP contribution in [0.2, 0.25) is 0 Å². The Kier molecular flexibility index (Phi) is 6.20. The predicted molar refractivity (Wildman–Crippen MR) is 84.8 cm³/mol. The lowest BCUT2D eigenvalue weighted by molar-refractivity contribution is 0.381. The quantitative estimate of drug-likeness (QED) is 0.903. The molecule has 2 rings (SSSR count). The molecule has 0 bridgehead atoms. The lowest BCUT2D eigenvalue weighted by atomic mass is 10.1. The summed E-state index contributed by atoms with van der Waals surface area (Å²) in [5, 5.41) is 3.63. The molecule has 3 nitrogen and oxygen atoms in total. The Labute approximate surface area is 123 Å². The van der Waals surface area contributed by atoms with Crippen molar-refractivity contribution >= 4 is 23.5 Å². The molecule has 5 heteroatoms. The van der Waals surface area contributed by atoms with Crippen LogP contribution >= 0.6 is 23.5 Å². The Hall–Kier alpha value is -0.520. The summed E-state index contributed by atoms with van der Waals surface area (Å²) < 4.78 is 10.8. The van der Waals surface area contributed by atoms with Gasteiger partial charge in [0.2, 0.25) is 0 Å². The topological polar surface area (TPSA) is 30.5 Å². The molecule has 0 saturated carbocycles. The van der Waals surface area contributed by atoms with Crippen molar-refractivity contribution in [3.05, 3.63) is 23.8 Å². The van der Waals surface area contributed by atoms with E-state index in [0.29, 0.717) is 6.04 Å². The monoisotopic (exact) mass is 299 g/mol. The molecule has 0 aromatic heterocycles. The third-order valence-electron chi connectivity index (χ3n) is 3.11. The van der Waals surface area contributed by atoms with Crippen molar-refractivity contribution in [1.82, 2.24) is 5.32 Å². The minimum absolute atomic E-state index is 0.562. The first-order valence-electron chi connectivity index (χ1n) is 6.44. The summed E-state index contributed by atoms with van der Waals surface area (Å²) >= 11 is 4.07. The fourth-order valence-electron chi connectivity index (χ4n) is 2.08. The maximum Gasteiger partial charge on any atom is 0.127 e. The summed E-state index contributed by atoms with van der Waals surface area (Å²) in [4.78, 5) is 0. The van der Waals surface area contributed by atoms with Gasteiger partial charge in [0.05, 0.1) is 14.2 Å². The van der Waals surface area contributed by atoms with Crippen molar-refractivity contribution in [1.29, 1.82) is 0 Å². The summed E-state index contributed by atoms with van der Waals surface area (Å²) in [5.74, 6) is 6.68. The van der Waals surface area contributed by atoms with Crippen molar-refractivity contribution in [3.63, 3.8) is 0 Å². The Morgan fingerprint density at radius 3 is 2.21 bits per heavy atom. The molecular formula is C14H21NO2S2. The van der Waals surface area contributed by atoms with Gasteiger partial charge in [0, 0.05) is 41.2 Å². The van der Waals surface area contributed by atoms with Gasteiger partial charge in [-0.15, -0.1) is 0 Å². The van der Waals surface area contributed by atoms with Crippen LogP contribution in [-0.4, -0.2) is 43.3 Å². The lowest BCUT2D eigenvalue weighted by Crippen LogP contribution is -2.32. The number of thioether (sulfide) groups is 2.